The lowest BCUT2D eigenvalue weighted by atomic mass is 9.43. The molecule has 5 bridgehead atoms. The Balaban J connectivity index is 1.75. The average Bonchev–Trinajstić information content (AvgIpc) is 3.09. The summed E-state index contributed by atoms with van der Waals surface area (Å²) in [7, 11) is 3.70. The molecule has 6 rings (SSSR count). The third-order valence-electron chi connectivity index (χ3n) is 8.59. The van der Waals surface area contributed by atoms with E-state index in [4.69, 9.17) is 9.47 Å². The van der Waals surface area contributed by atoms with Gasteiger partial charge < -0.3 is 14.4 Å². The quantitative estimate of drug-likeness (QED) is 0.564. The van der Waals surface area contributed by atoms with Gasteiger partial charge in [-0.3, -0.25) is 9.69 Å². The van der Waals surface area contributed by atoms with Crippen LogP contribution < -0.4 is 4.90 Å². The molecule has 4 fully saturated rings. The second-order valence-electron chi connectivity index (χ2n) is 8.82. The van der Waals surface area contributed by atoms with E-state index in [-0.39, 0.29) is 17.3 Å². The largest absolute Gasteiger partial charge is 0.468 e. The number of para-hydroxylation sites is 1. The summed E-state index contributed by atoms with van der Waals surface area (Å²) in [6.45, 7) is 4.50. The van der Waals surface area contributed by atoms with Crippen molar-refractivity contribution in [2.75, 3.05) is 38.8 Å². The van der Waals surface area contributed by atoms with Gasteiger partial charge in [-0.05, 0) is 31.4 Å². The standard InChI is InChI=1S/C22H26N2O3/c1-4-14-12-24-10-9-21-15-7-5-6-8-17(15)23(2)22(21)18(24)11-16(14)20(21,13-27-22)19(25)26-3/h4-8,16,18H,9-13H2,1-3H3/t16-,18-,20-,21-,22+/m1/s1. The first kappa shape index (κ1) is 16.1. The van der Waals surface area contributed by atoms with Gasteiger partial charge in [0.1, 0.15) is 5.41 Å². The van der Waals surface area contributed by atoms with Crippen molar-refractivity contribution < 1.29 is 14.3 Å². The lowest BCUT2D eigenvalue weighted by Gasteiger charge is -2.66. The Morgan fingerprint density at radius 1 is 1.37 bits per heavy atom. The Labute approximate surface area is 159 Å². The second-order valence-corrected chi connectivity index (χ2v) is 8.82. The molecule has 5 nitrogen and oxygen atoms in total. The van der Waals surface area contributed by atoms with Gasteiger partial charge in [-0.2, -0.15) is 0 Å². The van der Waals surface area contributed by atoms with Crippen LogP contribution in [0.5, 0.6) is 0 Å². The molecule has 4 aliphatic heterocycles. The zero-order valence-corrected chi connectivity index (χ0v) is 16.2. The van der Waals surface area contributed by atoms with Crippen molar-refractivity contribution >= 4 is 11.7 Å². The Morgan fingerprint density at radius 2 is 2.19 bits per heavy atom. The first-order valence-electron chi connectivity index (χ1n) is 10.0. The maximum absolute atomic E-state index is 13.6. The highest BCUT2D eigenvalue weighted by Crippen LogP contribution is 2.76. The van der Waals surface area contributed by atoms with Gasteiger partial charge in [0.25, 0.3) is 0 Å². The first-order chi connectivity index (χ1) is 13.1. The normalized spacial score (nSPS) is 45.1. The molecule has 0 spiro atoms. The Kier molecular flexibility index (Phi) is 2.84. The summed E-state index contributed by atoms with van der Waals surface area (Å²) in [5, 5.41) is 0. The molecule has 0 N–H and O–H groups in total. The lowest BCUT2D eigenvalue weighted by molar-refractivity contribution is -0.183. The lowest BCUT2D eigenvalue weighted by Crippen LogP contribution is -2.80. The van der Waals surface area contributed by atoms with Gasteiger partial charge in [-0.1, -0.05) is 29.8 Å². The number of allylic oxidation sites excluding steroid dienone is 1. The van der Waals surface area contributed by atoms with Gasteiger partial charge >= 0.3 is 5.97 Å². The third kappa shape index (κ3) is 1.34. The molecule has 27 heavy (non-hydrogen) atoms. The number of carbonyl (C=O) groups excluding carboxylic acids is 1. The summed E-state index contributed by atoms with van der Waals surface area (Å²) in [6, 6.07) is 8.92. The SMILES string of the molecule is CC=C1CN2CC[C@]34c5ccccc5N(C)[C@@]35OC[C@]4(C(=O)OC)[C@@H]1C[C@@H]25. The molecule has 5 atom stereocenters. The van der Waals surface area contributed by atoms with E-state index in [1.54, 1.807) is 0 Å². The molecule has 1 aromatic rings. The monoisotopic (exact) mass is 366 g/mol. The molecule has 1 aromatic carbocycles. The fourth-order valence-electron chi connectivity index (χ4n) is 7.75. The van der Waals surface area contributed by atoms with Crippen LogP contribution in [0.25, 0.3) is 0 Å². The van der Waals surface area contributed by atoms with Crippen LogP contribution >= 0.6 is 0 Å². The number of esters is 1. The number of hydrogen-bond acceptors (Lipinski definition) is 5. The van der Waals surface area contributed by atoms with Crippen LogP contribution in [0.2, 0.25) is 0 Å². The first-order valence-corrected chi connectivity index (χ1v) is 10.0. The van der Waals surface area contributed by atoms with Crippen LogP contribution in [0.3, 0.4) is 0 Å². The molecule has 0 unspecified atom stereocenters. The fraction of sp³-hybridized carbons (Fsp3) is 0.591. The smallest absolute Gasteiger partial charge is 0.315 e. The minimum atomic E-state index is -0.645. The zero-order valence-electron chi connectivity index (χ0n) is 16.2. The highest BCUT2D eigenvalue weighted by Gasteiger charge is 2.86. The predicted octanol–water partition coefficient (Wildman–Crippen LogP) is 2.31. The molecule has 4 heterocycles. The molecular weight excluding hydrogens is 340 g/mol. The topological polar surface area (TPSA) is 42.0 Å². The predicted molar refractivity (Wildman–Crippen MR) is 101 cm³/mol. The number of anilines is 1. The number of ether oxygens (including phenoxy) is 2. The fourth-order valence-corrected chi connectivity index (χ4v) is 7.75. The van der Waals surface area contributed by atoms with Crippen LogP contribution in [-0.2, 0) is 19.7 Å². The maximum Gasteiger partial charge on any atom is 0.315 e. The van der Waals surface area contributed by atoms with Gasteiger partial charge in [-0.25, -0.2) is 0 Å². The van der Waals surface area contributed by atoms with Crippen LogP contribution in [0.1, 0.15) is 25.3 Å². The molecule has 3 saturated heterocycles. The van der Waals surface area contributed by atoms with Crippen molar-refractivity contribution in [2.45, 2.75) is 36.9 Å². The van der Waals surface area contributed by atoms with E-state index in [1.807, 2.05) is 0 Å². The van der Waals surface area contributed by atoms with Gasteiger partial charge in [-0.15, -0.1) is 0 Å². The summed E-state index contributed by atoms with van der Waals surface area (Å²) >= 11 is 0. The van der Waals surface area contributed by atoms with Gasteiger partial charge in [0.2, 0.25) is 0 Å². The van der Waals surface area contributed by atoms with Crippen molar-refractivity contribution in [1.82, 2.24) is 4.90 Å². The number of hydrogen-bond donors (Lipinski definition) is 0. The van der Waals surface area contributed by atoms with Gasteiger partial charge in [0.05, 0.1) is 25.2 Å². The van der Waals surface area contributed by atoms with Crippen LogP contribution in [0.4, 0.5) is 5.69 Å². The average molecular weight is 366 g/mol. The summed E-state index contributed by atoms with van der Waals surface area (Å²) in [4.78, 5) is 18.5. The maximum atomic E-state index is 13.6. The molecule has 1 aliphatic carbocycles. The van der Waals surface area contributed by atoms with Crippen molar-refractivity contribution in [2.24, 2.45) is 11.3 Å². The minimum absolute atomic E-state index is 0.0902. The van der Waals surface area contributed by atoms with Crippen LogP contribution in [-0.4, -0.2) is 56.5 Å². The summed E-state index contributed by atoms with van der Waals surface area (Å²) in [5.74, 6) is 0.0966. The zero-order chi connectivity index (χ0) is 18.6. The number of nitrogens with zero attached hydrogens (tertiary/aromatic N) is 2. The Hall–Kier alpha value is -1.85. The Morgan fingerprint density at radius 3 is 2.96 bits per heavy atom. The van der Waals surface area contributed by atoms with Crippen molar-refractivity contribution in [3.8, 4) is 0 Å². The molecule has 0 radical (unpaired) electrons. The third-order valence-corrected chi connectivity index (χ3v) is 8.59. The van der Waals surface area contributed by atoms with E-state index in [1.165, 1.54) is 23.9 Å². The van der Waals surface area contributed by atoms with Crippen molar-refractivity contribution in [3.05, 3.63) is 41.5 Å². The van der Waals surface area contributed by atoms with E-state index in [0.29, 0.717) is 12.6 Å². The number of rotatable bonds is 1. The molecule has 0 aromatic heterocycles. The van der Waals surface area contributed by atoms with Gasteiger partial charge in [0.15, 0.2) is 5.72 Å². The number of likely N-dealkylation sites (N-methyl/N-ethyl adjacent to an activating group) is 1. The molecule has 0 amide bonds. The minimum Gasteiger partial charge on any atom is -0.468 e. The number of piperidine rings is 2. The van der Waals surface area contributed by atoms with Crippen molar-refractivity contribution in [3.63, 3.8) is 0 Å². The van der Waals surface area contributed by atoms with Crippen LogP contribution in [0, 0.1) is 11.3 Å². The van der Waals surface area contributed by atoms with Gasteiger partial charge in [0, 0.05) is 31.7 Å². The van der Waals surface area contributed by atoms with Crippen LogP contribution in [0.15, 0.2) is 35.9 Å². The number of carbonyl (C=O) groups is 1. The van der Waals surface area contributed by atoms with Crippen molar-refractivity contribution in [1.29, 1.82) is 0 Å². The number of methoxy groups -OCH3 is 1. The highest BCUT2D eigenvalue weighted by atomic mass is 16.6. The molecular formula is C22H26N2O3. The molecule has 142 valence electrons. The van der Waals surface area contributed by atoms with E-state index in [2.05, 4.69) is 54.1 Å². The second kappa shape index (κ2) is 4.76. The number of benzene rings is 1. The van der Waals surface area contributed by atoms with E-state index in [0.717, 1.165) is 25.9 Å². The molecule has 5 aliphatic rings. The van der Waals surface area contributed by atoms with E-state index in [9.17, 15) is 4.79 Å². The van der Waals surface area contributed by atoms with E-state index >= 15 is 0 Å². The highest BCUT2D eigenvalue weighted by molar-refractivity contribution is 5.86. The summed E-state index contributed by atoms with van der Waals surface area (Å²) in [6.07, 6.45) is 4.13. The molecule has 1 saturated carbocycles. The Bertz CT molecular complexity index is 897. The summed E-state index contributed by atoms with van der Waals surface area (Å²) in [5.41, 5.74) is 2.40. The summed E-state index contributed by atoms with van der Waals surface area (Å²) < 4.78 is 12.3. The van der Waals surface area contributed by atoms with E-state index < -0.39 is 11.1 Å². The number of fused-ring (bicyclic) bond motifs is 3. The molecule has 5 heteroatoms.